The number of carbonyl (C=O) groups is 2. The number of aromatic nitrogens is 2. The molecule has 30 heavy (non-hydrogen) atoms. The Morgan fingerprint density at radius 1 is 1.23 bits per heavy atom. The Hall–Kier alpha value is -3.00. The molecule has 1 saturated heterocycles. The third-order valence-corrected chi connectivity index (χ3v) is 5.10. The maximum Gasteiger partial charge on any atom is 0.290 e. The molecule has 2 heterocycles. The molecule has 0 bridgehead atoms. The number of nitrogen functional groups attached to an aromatic ring is 1. The van der Waals surface area contributed by atoms with Gasteiger partial charge < -0.3 is 20.6 Å². The van der Waals surface area contributed by atoms with Crippen LogP contribution in [0.4, 0.5) is 5.82 Å². The maximum atomic E-state index is 13.0. The van der Waals surface area contributed by atoms with E-state index in [-0.39, 0.29) is 12.4 Å². The molecule has 8 heteroatoms. The summed E-state index contributed by atoms with van der Waals surface area (Å²) in [7, 11) is 0. The molecule has 0 aliphatic carbocycles. The molecule has 162 valence electrons. The van der Waals surface area contributed by atoms with E-state index in [9.17, 15) is 4.79 Å². The number of nitrogens with zero attached hydrogens (tertiary/aromatic N) is 4. The summed E-state index contributed by atoms with van der Waals surface area (Å²) in [5.74, 6) is 1.01. The van der Waals surface area contributed by atoms with Crippen LogP contribution in [0.15, 0.2) is 36.5 Å². The molecule has 3 rings (SSSR count). The lowest BCUT2D eigenvalue weighted by Gasteiger charge is -2.26. The summed E-state index contributed by atoms with van der Waals surface area (Å²) in [6, 6.07) is 9.13. The highest BCUT2D eigenvalue weighted by atomic mass is 16.3. The fourth-order valence-electron chi connectivity index (χ4n) is 3.51. The van der Waals surface area contributed by atoms with Gasteiger partial charge in [0.1, 0.15) is 5.82 Å². The summed E-state index contributed by atoms with van der Waals surface area (Å²) in [4.78, 5) is 34.3. The molecule has 2 aromatic rings. The Balaban J connectivity index is 0.00000101. The standard InChI is InChI=1S/C21H29N5O.CH2O2/c1-2-26(15-14-25-12-5-3-4-6-13-25)21(27)18-9-7-8-17(16-18)20-23-11-10-19(22)24-20;2-1-3/h7-11,16H,2-6,12-15H2,1H3,(H2,22,23,24);1H,(H,2,3). The quantitative estimate of drug-likeness (QED) is 0.700. The van der Waals surface area contributed by atoms with Crippen molar-refractivity contribution in [1.82, 2.24) is 19.8 Å². The average molecular weight is 414 g/mol. The van der Waals surface area contributed by atoms with Crippen molar-refractivity contribution in [2.75, 3.05) is 38.5 Å². The minimum absolute atomic E-state index is 0.0538. The van der Waals surface area contributed by atoms with Gasteiger partial charge in [-0.25, -0.2) is 9.97 Å². The van der Waals surface area contributed by atoms with Gasteiger partial charge in [0.15, 0.2) is 5.82 Å². The largest absolute Gasteiger partial charge is 0.483 e. The number of carbonyl (C=O) groups excluding carboxylic acids is 1. The van der Waals surface area contributed by atoms with Crippen molar-refractivity contribution in [3.63, 3.8) is 0 Å². The second-order valence-corrected chi connectivity index (χ2v) is 7.13. The van der Waals surface area contributed by atoms with E-state index < -0.39 is 0 Å². The molecule has 1 aromatic heterocycles. The maximum absolute atomic E-state index is 13.0. The van der Waals surface area contributed by atoms with Gasteiger partial charge in [0.2, 0.25) is 0 Å². The molecule has 1 fully saturated rings. The number of hydrogen-bond donors (Lipinski definition) is 2. The normalized spacial score (nSPS) is 14.2. The second kappa shape index (κ2) is 12.5. The summed E-state index contributed by atoms with van der Waals surface area (Å²) in [5.41, 5.74) is 7.22. The molecule has 0 radical (unpaired) electrons. The molecule has 0 saturated carbocycles. The molecular formula is C22H31N5O3. The average Bonchev–Trinajstić information content (AvgIpc) is 3.04. The number of anilines is 1. The Kier molecular flexibility index (Phi) is 9.73. The van der Waals surface area contributed by atoms with E-state index in [1.54, 1.807) is 12.3 Å². The van der Waals surface area contributed by atoms with E-state index in [0.29, 0.717) is 23.8 Å². The Bertz CT molecular complexity index is 807. The lowest BCUT2D eigenvalue weighted by atomic mass is 10.1. The van der Waals surface area contributed by atoms with Crippen LogP contribution in [0.3, 0.4) is 0 Å². The van der Waals surface area contributed by atoms with E-state index >= 15 is 0 Å². The fourth-order valence-corrected chi connectivity index (χ4v) is 3.51. The molecule has 1 aliphatic heterocycles. The van der Waals surface area contributed by atoms with Crippen molar-refractivity contribution in [3.8, 4) is 11.4 Å². The second-order valence-electron chi connectivity index (χ2n) is 7.13. The Labute approximate surface area is 177 Å². The lowest BCUT2D eigenvalue weighted by Crippen LogP contribution is -2.39. The molecule has 1 amide bonds. The fraction of sp³-hybridized carbons (Fsp3) is 0.455. The highest BCUT2D eigenvalue weighted by Gasteiger charge is 2.17. The summed E-state index contributed by atoms with van der Waals surface area (Å²) < 4.78 is 0. The SMILES string of the molecule is CCN(CCN1CCCCCC1)C(=O)c1cccc(-c2nccc(N)n2)c1.O=CO. The first-order valence-electron chi connectivity index (χ1n) is 10.4. The predicted octanol–water partition coefficient (Wildman–Crippen LogP) is 2.76. The molecule has 0 atom stereocenters. The molecular weight excluding hydrogens is 382 g/mol. The molecule has 1 aromatic carbocycles. The number of carboxylic acid groups (broad SMARTS) is 1. The molecule has 0 unspecified atom stereocenters. The van der Waals surface area contributed by atoms with Gasteiger partial charge >= 0.3 is 0 Å². The van der Waals surface area contributed by atoms with Crippen molar-refractivity contribution in [1.29, 1.82) is 0 Å². The van der Waals surface area contributed by atoms with Crippen LogP contribution >= 0.6 is 0 Å². The summed E-state index contributed by atoms with van der Waals surface area (Å²) >= 11 is 0. The first-order valence-corrected chi connectivity index (χ1v) is 10.4. The van der Waals surface area contributed by atoms with Gasteiger partial charge in [-0.1, -0.05) is 25.0 Å². The van der Waals surface area contributed by atoms with E-state index in [1.807, 2.05) is 36.1 Å². The zero-order valence-electron chi connectivity index (χ0n) is 17.5. The van der Waals surface area contributed by atoms with E-state index in [4.69, 9.17) is 15.6 Å². The zero-order chi connectivity index (χ0) is 21.8. The van der Waals surface area contributed by atoms with Crippen molar-refractivity contribution in [3.05, 3.63) is 42.1 Å². The topological polar surface area (TPSA) is 113 Å². The number of benzene rings is 1. The van der Waals surface area contributed by atoms with Crippen molar-refractivity contribution >= 4 is 18.2 Å². The highest BCUT2D eigenvalue weighted by Crippen LogP contribution is 2.18. The predicted molar refractivity (Wildman–Crippen MR) is 117 cm³/mol. The molecule has 0 spiro atoms. The number of amides is 1. The van der Waals surface area contributed by atoms with Crippen LogP contribution in [0.1, 0.15) is 43.0 Å². The van der Waals surface area contributed by atoms with E-state index in [1.165, 1.54) is 25.7 Å². The lowest BCUT2D eigenvalue weighted by molar-refractivity contribution is -0.122. The van der Waals surface area contributed by atoms with Gasteiger partial charge in [0.25, 0.3) is 12.4 Å². The van der Waals surface area contributed by atoms with Crippen LogP contribution < -0.4 is 5.73 Å². The van der Waals surface area contributed by atoms with Crippen LogP contribution in [-0.2, 0) is 4.79 Å². The smallest absolute Gasteiger partial charge is 0.290 e. The zero-order valence-corrected chi connectivity index (χ0v) is 17.5. The number of nitrogens with two attached hydrogens (primary N) is 1. The number of hydrogen-bond acceptors (Lipinski definition) is 6. The van der Waals surface area contributed by atoms with Gasteiger partial charge in [-0.05, 0) is 51.1 Å². The molecule has 1 aliphatic rings. The first-order chi connectivity index (χ1) is 14.6. The minimum atomic E-state index is -0.250. The first kappa shape index (κ1) is 23.3. The third kappa shape index (κ3) is 7.11. The number of likely N-dealkylation sites (N-methyl/N-ethyl adjacent to an activating group) is 1. The van der Waals surface area contributed by atoms with Crippen LogP contribution in [-0.4, -0.2) is 70.0 Å². The molecule has 3 N–H and O–H groups in total. The van der Waals surface area contributed by atoms with Crippen LogP contribution in [0, 0.1) is 0 Å². The van der Waals surface area contributed by atoms with E-state index in [2.05, 4.69) is 14.9 Å². The Morgan fingerprint density at radius 2 is 1.93 bits per heavy atom. The van der Waals surface area contributed by atoms with E-state index in [0.717, 1.165) is 31.7 Å². The summed E-state index contributed by atoms with van der Waals surface area (Å²) in [6.07, 6.45) is 6.81. The van der Waals surface area contributed by atoms with Gasteiger partial charge in [-0.3, -0.25) is 9.59 Å². The monoisotopic (exact) mass is 413 g/mol. The minimum Gasteiger partial charge on any atom is -0.483 e. The molecule has 8 nitrogen and oxygen atoms in total. The summed E-state index contributed by atoms with van der Waals surface area (Å²) in [5, 5.41) is 6.89. The van der Waals surface area contributed by atoms with Crippen molar-refractivity contribution in [2.24, 2.45) is 0 Å². The van der Waals surface area contributed by atoms with Gasteiger partial charge in [0, 0.05) is 37.0 Å². The third-order valence-electron chi connectivity index (χ3n) is 5.10. The van der Waals surface area contributed by atoms with Crippen molar-refractivity contribution in [2.45, 2.75) is 32.6 Å². The Morgan fingerprint density at radius 3 is 2.57 bits per heavy atom. The number of likely N-dealkylation sites (tertiary alicyclic amines) is 1. The van der Waals surface area contributed by atoms with Gasteiger partial charge in [0.05, 0.1) is 0 Å². The summed E-state index contributed by atoms with van der Waals surface area (Å²) in [6.45, 7) is 6.48. The van der Waals surface area contributed by atoms with Crippen LogP contribution in [0.2, 0.25) is 0 Å². The number of rotatable bonds is 6. The highest BCUT2D eigenvalue weighted by molar-refractivity contribution is 5.95. The van der Waals surface area contributed by atoms with Crippen LogP contribution in [0.25, 0.3) is 11.4 Å². The van der Waals surface area contributed by atoms with Gasteiger partial charge in [-0.2, -0.15) is 0 Å². The van der Waals surface area contributed by atoms with Crippen LogP contribution in [0.5, 0.6) is 0 Å². The van der Waals surface area contributed by atoms with Crippen molar-refractivity contribution < 1.29 is 14.7 Å². The van der Waals surface area contributed by atoms with Gasteiger partial charge in [-0.15, -0.1) is 0 Å².